The minimum absolute atomic E-state index is 0.166. The van der Waals surface area contributed by atoms with Gasteiger partial charge in [0, 0.05) is 32.7 Å². The molecule has 0 bridgehead atoms. The molecular formula is C16H25ClN4O. The van der Waals surface area contributed by atoms with Crippen LogP contribution in [0.25, 0.3) is 0 Å². The molecule has 22 heavy (non-hydrogen) atoms. The number of rotatable bonds is 9. The number of anilines is 1. The van der Waals surface area contributed by atoms with Gasteiger partial charge in [-0.1, -0.05) is 37.6 Å². The van der Waals surface area contributed by atoms with Gasteiger partial charge in [-0.15, -0.1) is 13.2 Å². The molecule has 0 radical (unpaired) electrons. The maximum atomic E-state index is 11.8. The van der Waals surface area contributed by atoms with Crippen molar-refractivity contribution in [3.05, 3.63) is 46.9 Å². The number of nitrogens with one attached hydrogen (secondary N) is 1. The Balaban J connectivity index is 2.88. The fraction of sp³-hybridized carbons (Fsp3) is 0.500. The van der Waals surface area contributed by atoms with E-state index in [2.05, 4.69) is 42.3 Å². The third-order valence-electron chi connectivity index (χ3n) is 3.55. The number of hydrogen-bond acceptors (Lipinski definition) is 4. The lowest BCUT2D eigenvalue weighted by atomic mass is 10.0. The Labute approximate surface area is 137 Å². The van der Waals surface area contributed by atoms with Gasteiger partial charge in [-0.2, -0.15) is 5.10 Å². The van der Waals surface area contributed by atoms with Gasteiger partial charge in [0.05, 0.1) is 11.9 Å². The number of aromatic nitrogens is 2. The van der Waals surface area contributed by atoms with E-state index in [1.54, 1.807) is 13.2 Å². The zero-order valence-corrected chi connectivity index (χ0v) is 14.3. The summed E-state index contributed by atoms with van der Waals surface area (Å²) in [6.45, 7) is 14.2. The van der Waals surface area contributed by atoms with E-state index in [0.29, 0.717) is 18.2 Å². The summed E-state index contributed by atoms with van der Waals surface area (Å²) in [5, 5.41) is 7.40. The number of halogens is 1. The molecule has 0 aliphatic carbocycles. The van der Waals surface area contributed by atoms with Crippen LogP contribution in [0.3, 0.4) is 0 Å². The fourth-order valence-electron chi connectivity index (χ4n) is 2.31. The summed E-state index contributed by atoms with van der Waals surface area (Å²) in [4.78, 5) is 14.1. The molecule has 122 valence electrons. The largest absolute Gasteiger partial charge is 0.381 e. The summed E-state index contributed by atoms with van der Waals surface area (Å²) < 4.78 is 1.22. The lowest BCUT2D eigenvalue weighted by molar-refractivity contribution is 0.199. The molecule has 1 rings (SSSR count). The van der Waals surface area contributed by atoms with Crippen molar-refractivity contribution in [1.29, 1.82) is 0 Å². The summed E-state index contributed by atoms with van der Waals surface area (Å²) in [6.07, 6.45) is 5.34. The van der Waals surface area contributed by atoms with Crippen molar-refractivity contribution in [3.8, 4) is 0 Å². The molecule has 0 aromatic carbocycles. The van der Waals surface area contributed by atoms with Gasteiger partial charge in [0.25, 0.3) is 5.56 Å². The summed E-state index contributed by atoms with van der Waals surface area (Å²) in [7, 11) is 1.57. The van der Waals surface area contributed by atoms with E-state index >= 15 is 0 Å². The van der Waals surface area contributed by atoms with Crippen LogP contribution in [0.2, 0.25) is 5.02 Å². The third kappa shape index (κ3) is 4.71. The lowest BCUT2D eigenvalue weighted by Gasteiger charge is -2.33. The van der Waals surface area contributed by atoms with Crippen LogP contribution in [0.15, 0.2) is 36.3 Å². The van der Waals surface area contributed by atoms with Crippen LogP contribution >= 0.6 is 11.6 Å². The third-order valence-corrected chi connectivity index (χ3v) is 3.91. The Morgan fingerprint density at radius 1 is 1.41 bits per heavy atom. The fourth-order valence-corrected chi connectivity index (χ4v) is 2.55. The van der Waals surface area contributed by atoms with Crippen molar-refractivity contribution in [3.63, 3.8) is 0 Å². The molecule has 1 N–H and O–H groups in total. The van der Waals surface area contributed by atoms with Gasteiger partial charge in [0.15, 0.2) is 0 Å². The molecule has 1 aromatic rings. The van der Waals surface area contributed by atoms with Crippen LogP contribution in [0, 0.1) is 5.92 Å². The molecule has 1 aromatic heterocycles. The average Bonchev–Trinajstić information content (AvgIpc) is 2.47. The van der Waals surface area contributed by atoms with Crippen molar-refractivity contribution in [2.45, 2.75) is 19.9 Å². The van der Waals surface area contributed by atoms with Gasteiger partial charge < -0.3 is 5.32 Å². The van der Waals surface area contributed by atoms with Crippen LogP contribution < -0.4 is 10.9 Å². The lowest BCUT2D eigenvalue weighted by Crippen LogP contribution is -2.44. The summed E-state index contributed by atoms with van der Waals surface area (Å²) in [5.74, 6) is 0.422. The molecule has 0 spiro atoms. The maximum Gasteiger partial charge on any atom is 0.287 e. The molecule has 0 fully saturated rings. The van der Waals surface area contributed by atoms with E-state index in [1.807, 2.05) is 12.2 Å². The molecule has 0 saturated carbocycles. The molecule has 5 nitrogen and oxygen atoms in total. The highest BCUT2D eigenvalue weighted by molar-refractivity contribution is 6.32. The van der Waals surface area contributed by atoms with Crippen LogP contribution in [0.5, 0.6) is 0 Å². The Kier molecular flexibility index (Phi) is 7.35. The predicted molar refractivity (Wildman–Crippen MR) is 93.6 cm³/mol. The van der Waals surface area contributed by atoms with Crippen molar-refractivity contribution in [1.82, 2.24) is 14.7 Å². The number of nitrogens with zero attached hydrogens (tertiary/aromatic N) is 3. The molecule has 0 aliphatic rings. The second-order valence-electron chi connectivity index (χ2n) is 5.52. The zero-order chi connectivity index (χ0) is 16.7. The second-order valence-corrected chi connectivity index (χ2v) is 5.90. The van der Waals surface area contributed by atoms with Crippen molar-refractivity contribution in [2.24, 2.45) is 13.0 Å². The van der Waals surface area contributed by atoms with Gasteiger partial charge in [-0.3, -0.25) is 9.69 Å². The molecule has 1 heterocycles. The van der Waals surface area contributed by atoms with Gasteiger partial charge >= 0.3 is 0 Å². The van der Waals surface area contributed by atoms with E-state index in [0.717, 1.165) is 13.1 Å². The molecule has 6 heteroatoms. The highest BCUT2D eigenvalue weighted by atomic mass is 35.5. The van der Waals surface area contributed by atoms with Crippen molar-refractivity contribution < 1.29 is 0 Å². The normalized spacial score (nSPS) is 12.5. The highest BCUT2D eigenvalue weighted by Gasteiger charge is 2.20. The van der Waals surface area contributed by atoms with E-state index in [9.17, 15) is 4.79 Å². The molecule has 0 aliphatic heterocycles. The van der Waals surface area contributed by atoms with Gasteiger partial charge in [-0.05, 0) is 5.92 Å². The minimum Gasteiger partial charge on any atom is -0.381 e. The monoisotopic (exact) mass is 324 g/mol. The predicted octanol–water partition coefficient (Wildman–Crippen LogP) is 2.54. The van der Waals surface area contributed by atoms with Gasteiger partial charge in [-0.25, -0.2) is 4.68 Å². The number of hydrogen-bond donors (Lipinski definition) is 1. The van der Waals surface area contributed by atoms with E-state index < -0.39 is 0 Å². The highest BCUT2D eigenvalue weighted by Crippen LogP contribution is 2.17. The molecular weight excluding hydrogens is 300 g/mol. The quantitative estimate of drug-likeness (QED) is 0.709. The van der Waals surface area contributed by atoms with Crippen LogP contribution in [0.4, 0.5) is 5.69 Å². The standard InChI is InChI=1S/C16H25ClN4O/c1-6-8-21(9-7-2)14(12(3)4)11-18-13-10-19-20(5)16(22)15(13)17/h6-7,10,12,14,18H,1-2,8-9,11H2,3-5H3/t14-/m1/s1. The van der Waals surface area contributed by atoms with E-state index in [4.69, 9.17) is 11.6 Å². The molecule has 0 unspecified atom stereocenters. The first-order chi connectivity index (χ1) is 10.4. The molecule has 0 amide bonds. The van der Waals surface area contributed by atoms with Crippen LogP contribution in [-0.4, -0.2) is 40.4 Å². The average molecular weight is 325 g/mol. The van der Waals surface area contributed by atoms with E-state index in [-0.39, 0.29) is 16.6 Å². The van der Waals surface area contributed by atoms with Gasteiger partial charge in [0.1, 0.15) is 5.02 Å². The SMILES string of the molecule is C=CCN(CC=C)[C@H](CNc1cnn(C)c(=O)c1Cl)C(C)C. The van der Waals surface area contributed by atoms with Crippen molar-refractivity contribution in [2.75, 3.05) is 25.0 Å². The summed E-state index contributed by atoms with van der Waals surface area (Å²) in [5.41, 5.74) is 0.259. The molecule has 1 atom stereocenters. The first-order valence-electron chi connectivity index (χ1n) is 7.33. The first-order valence-corrected chi connectivity index (χ1v) is 7.71. The van der Waals surface area contributed by atoms with Crippen molar-refractivity contribution >= 4 is 17.3 Å². The second kappa shape index (κ2) is 8.76. The maximum absolute atomic E-state index is 11.8. The smallest absolute Gasteiger partial charge is 0.287 e. The Morgan fingerprint density at radius 2 is 2.00 bits per heavy atom. The molecule has 0 saturated heterocycles. The zero-order valence-electron chi connectivity index (χ0n) is 13.6. The Morgan fingerprint density at radius 3 is 2.50 bits per heavy atom. The Bertz CT molecular complexity index is 558. The topological polar surface area (TPSA) is 50.2 Å². The van der Waals surface area contributed by atoms with Crippen LogP contribution in [0.1, 0.15) is 13.8 Å². The first kappa shape index (κ1) is 18.5. The van der Waals surface area contributed by atoms with Gasteiger partial charge in [0.2, 0.25) is 0 Å². The minimum atomic E-state index is -0.304. The number of aryl methyl sites for hydroxylation is 1. The Hall–Kier alpha value is -1.59. The van der Waals surface area contributed by atoms with Crippen LogP contribution in [-0.2, 0) is 7.05 Å². The van der Waals surface area contributed by atoms with E-state index in [1.165, 1.54) is 4.68 Å². The summed E-state index contributed by atoms with van der Waals surface area (Å²) in [6, 6.07) is 0.260. The summed E-state index contributed by atoms with van der Waals surface area (Å²) >= 11 is 6.08.